The number of benzene rings is 1. The summed E-state index contributed by atoms with van der Waals surface area (Å²) in [4.78, 5) is 17.7. The van der Waals surface area contributed by atoms with Gasteiger partial charge >= 0.3 is 0 Å². The summed E-state index contributed by atoms with van der Waals surface area (Å²) in [5, 5.41) is 15.0. The molecule has 0 saturated heterocycles. The van der Waals surface area contributed by atoms with E-state index in [0.717, 1.165) is 21.6 Å². The minimum atomic E-state index is -0.252. The maximum atomic E-state index is 12.4. The minimum Gasteiger partial charge on any atom is -0.290 e. The molecule has 0 aliphatic carbocycles. The Morgan fingerprint density at radius 2 is 2.21 bits per heavy atom. The van der Waals surface area contributed by atoms with Crippen LogP contribution in [-0.4, -0.2) is 30.9 Å². The van der Waals surface area contributed by atoms with Gasteiger partial charge in [0.15, 0.2) is 0 Å². The summed E-state index contributed by atoms with van der Waals surface area (Å²) in [7, 11) is 0. The Balaban J connectivity index is 1.77. The summed E-state index contributed by atoms with van der Waals surface area (Å²) in [6.45, 7) is 1.90. The summed E-state index contributed by atoms with van der Waals surface area (Å²) in [6, 6.07) is 9.29. The first-order valence-corrected chi connectivity index (χ1v) is 8.23. The molecule has 0 unspecified atom stereocenters. The van der Waals surface area contributed by atoms with Crippen molar-refractivity contribution < 1.29 is 4.79 Å². The van der Waals surface area contributed by atoms with Gasteiger partial charge in [-0.2, -0.15) is 15.2 Å². The molecule has 0 fully saturated rings. The number of anilines is 1. The monoisotopic (exact) mass is 358 g/mol. The van der Waals surface area contributed by atoms with Crippen molar-refractivity contribution in [1.82, 2.24) is 25.0 Å². The Morgan fingerprint density at radius 1 is 1.38 bits per heavy atom. The van der Waals surface area contributed by atoms with Crippen LogP contribution in [0.25, 0.3) is 15.9 Å². The van der Waals surface area contributed by atoms with Crippen LogP contribution >= 0.6 is 22.9 Å². The van der Waals surface area contributed by atoms with Crippen LogP contribution in [0.2, 0.25) is 5.02 Å². The van der Waals surface area contributed by atoms with Crippen molar-refractivity contribution in [2.45, 2.75) is 6.92 Å². The van der Waals surface area contributed by atoms with Crippen molar-refractivity contribution in [3.63, 3.8) is 0 Å². The summed E-state index contributed by atoms with van der Waals surface area (Å²) in [5.41, 5.74) is 1.61. The number of aromatic amines is 1. The van der Waals surface area contributed by atoms with E-state index >= 15 is 0 Å². The van der Waals surface area contributed by atoms with Crippen LogP contribution in [0.5, 0.6) is 0 Å². The highest BCUT2D eigenvalue weighted by molar-refractivity contribution is 7.20. The molecule has 0 saturated carbocycles. The SMILES string of the molecule is Cc1nn(-c2ccccc2Cl)c2sc(C(=O)Nc3ncn[nH]3)cc12. The zero-order valence-corrected chi connectivity index (χ0v) is 14.0. The van der Waals surface area contributed by atoms with Crippen LogP contribution < -0.4 is 5.32 Å². The first-order valence-electron chi connectivity index (χ1n) is 7.04. The number of nitrogens with one attached hydrogen (secondary N) is 2. The maximum absolute atomic E-state index is 12.4. The van der Waals surface area contributed by atoms with E-state index in [1.54, 1.807) is 4.68 Å². The quantitative estimate of drug-likeness (QED) is 0.587. The topological polar surface area (TPSA) is 88.5 Å². The van der Waals surface area contributed by atoms with E-state index in [-0.39, 0.29) is 5.91 Å². The fourth-order valence-corrected chi connectivity index (χ4v) is 3.67. The van der Waals surface area contributed by atoms with Crippen molar-refractivity contribution in [2.75, 3.05) is 5.32 Å². The van der Waals surface area contributed by atoms with E-state index in [1.807, 2.05) is 37.3 Å². The Morgan fingerprint density at radius 3 is 2.96 bits per heavy atom. The van der Waals surface area contributed by atoms with Gasteiger partial charge < -0.3 is 0 Å². The van der Waals surface area contributed by atoms with Crippen molar-refractivity contribution >= 4 is 45.0 Å². The minimum absolute atomic E-state index is 0.252. The number of aromatic nitrogens is 5. The van der Waals surface area contributed by atoms with Gasteiger partial charge in [-0.3, -0.25) is 10.1 Å². The van der Waals surface area contributed by atoms with E-state index in [1.165, 1.54) is 17.7 Å². The predicted octanol–water partition coefficient (Wildman–Crippen LogP) is 3.42. The van der Waals surface area contributed by atoms with Gasteiger partial charge in [0.05, 0.1) is 21.3 Å². The van der Waals surface area contributed by atoms with Crippen molar-refractivity contribution in [1.29, 1.82) is 0 Å². The van der Waals surface area contributed by atoms with Crippen LogP contribution in [0.1, 0.15) is 15.4 Å². The number of H-pyrrole nitrogens is 1. The highest BCUT2D eigenvalue weighted by Gasteiger charge is 2.18. The van der Waals surface area contributed by atoms with E-state index in [2.05, 4.69) is 25.6 Å². The third kappa shape index (κ3) is 2.45. The number of thiophene rings is 1. The normalized spacial score (nSPS) is 11.1. The molecule has 0 radical (unpaired) electrons. The predicted molar refractivity (Wildman–Crippen MR) is 93.0 cm³/mol. The lowest BCUT2D eigenvalue weighted by molar-refractivity contribution is 0.103. The molecule has 0 aliphatic rings. The van der Waals surface area contributed by atoms with E-state index in [0.29, 0.717) is 15.8 Å². The molecule has 0 bridgehead atoms. The molecule has 1 aromatic carbocycles. The Hall–Kier alpha value is -2.71. The second-order valence-electron chi connectivity index (χ2n) is 5.07. The zero-order valence-electron chi connectivity index (χ0n) is 12.4. The average molecular weight is 359 g/mol. The molecule has 7 nitrogen and oxygen atoms in total. The zero-order chi connectivity index (χ0) is 16.7. The van der Waals surface area contributed by atoms with E-state index in [4.69, 9.17) is 11.6 Å². The van der Waals surface area contributed by atoms with Crippen LogP contribution in [0.3, 0.4) is 0 Å². The molecule has 120 valence electrons. The lowest BCUT2D eigenvalue weighted by Gasteiger charge is -2.04. The number of fused-ring (bicyclic) bond motifs is 1. The summed E-state index contributed by atoms with van der Waals surface area (Å²) >= 11 is 7.62. The molecule has 1 amide bonds. The fraction of sp³-hybridized carbons (Fsp3) is 0.0667. The summed E-state index contributed by atoms with van der Waals surface area (Å²) < 4.78 is 1.77. The van der Waals surface area contributed by atoms with E-state index < -0.39 is 0 Å². The maximum Gasteiger partial charge on any atom is 0.268 e. The lowest BCUT2D eigenvalue weighted by atomic mass is 10.3. The number of nitrogens with zero attached hydrogens (tertiary/aromatic N) is 4. The van der Waals surface area contributed by atoms with Gasteiger partial charge in [-0.1, -0.05) is 23.7 Å². The first kappa shape index (κ1) is 14.9. The number of halogens is 1. The van der Waals surface area contributed by atoms with E-state index in [9.17, 15) is 4.79 Å². The smallest absolute Gasteiger partial charge is 0.268 e. The Kier molecular flexibility index (Phi) is 3.55. The van der Waals surface area contributed by atoms with Crippen LogP contribution in [0.4, 0.5) is 5.95 Å². The molecule has 9 heteroatoms. The van der Waals surface area contributed by atoms with Gasteiger partial charge in [0.1, 0.15) is 11.2 Å². The molecule has 24 heavy (non-hydrogen) atoms. The van der Waals surface area contributed by atoms with Crippen molar-refractivity contribution in [3.8, 4) is 5.69 Å². The molecular weight excluding hydrogens is 348 g/mol. The van der Waals surface area contributed by atoms with Crippen molar-refractivity contribution in [3.05, 3.63) is 52.3 Å². The molecule has 4 aromatic rings. The first-order chi connectivity index (χ1) is 11.6. The van der Waals surface area contributed by atoms with Crippen LogP contribution in [0, 0.1) is 6.92 Å². The second-order valence-corrected chi connectivity index (χ2v) is 6.50. The number of para-hydroxylation sites is 1. The Labute approximate surface area is 145 Å². The van der Waals surface area contributed by atoms with Gasteiger partial charge in [0.2, 0.25) is 5.95 Å². The van der Waals surface area contributed by atoms with Gasteiger partial charge in [-0.05, 0) is 25.1 Å². The van der Waals surface area contributed by atoms with Gasteiger partial charge in [0.25, 0.3) is 5.91 Å². The average Bonchev–Trinajstić information content (AvgIpc) is 3.27. The second kappa shape index (κ2) is 5.73. The molecule has 3 aromatic heterocycles. The standard InChI is InChI=1S/C15H11ClN6OS/c1-8-9-6-12(13(23)19-15-17-7-18-20-15)24-14(9)22(21-8)11-5-3-2-4-10(11)16/h2-7H,1H3,(H2,17,18,19,20,23). The lowest BCUT2D eigenvalue weighted by Crippen LogP contribution is -2.11. The molecule has 0 aliphatic heterocycles. The number of amides is 1. The number of aryl methyl sites for hydroxylation is 1. The molecule has 4 rings (SSSR count). The fourth-order valence-electron chi connectivity index (χ4n) is 2.38. The molecule has 2 N–H and O–H groups in total. The molecule has 0 atom stereocenters. The van der Waals surface area contributed by atoms with Gasteiger partial charge in [-0.15, -0.1) is 11.3 Å². The number of carbonyl (C=O) groups excluding carboxylic acids is 1. The number of rotatable bonds is 3. The summed E-state index contributed by atoms with van der Waals surface area (Å²) in [6.07, 6.45) is 1.33. The van der Waals surface area contributed by atoms with Crippen LogP contribution in [-0.2, 0) is 0 Å². The highest BCUT2D eigenvalue weighted by atomic mass is 35.5. The highest BCUT2D eigenvalue weighted by Crippen LogP contribution is 2.32. The number of hydrogen-bond donors (Lipinski definition) is 2. The molecular formula is C15H11ClN6OS. The third-order valence-electron chi connectivity index (χ3n) is 3.50. The Bertz CT molecular complexity index is 1040. The third-order valence-corrected chi connectivity index (χ3v) is 4.92. The number of carbonyl (C=O) groups is 1. The molecule has 0 spiro atoms. The molecule has 3 heterocycles. The summed E-state index contributed by atoms with van der Waals surface area (Å²) in [5.74, 6) is 0.0555. The van der Waals surface area contributed by atoms with Gasteiger partial charge in [0, 0.05) is 5.39 Å². The van der Waals surface area contributed by atoms with Crippen LogP contribution in [0.15, 0.2) is 36.7 Å². The van der Waals surface area contributed by atoms with Gasteiger partial charge in [-0.25, -0.2) is 9.78 Å². The largest absolute Gasteiger partial charge is 0.290 e. The number of hydrogen-bond acceptors (Lipinski definition) is 5. The van der Waals surface area contributed by atoms with Crippen molar-refractivity contribution in [2.24, 2.45) is 0 Å².